The van der Waals surface area contributed by atoms with Crippen molar-refractivity contribution in [2.75, 3.05) is 11.1 Å². The summed E-state index contributed by atoms with van der Waals surface area (Å²) in [4.78, 5) is 25.0. The van der Waals surface area contributed by atoms with Crippen molar-refractivity contribution in [3.63, 3.8) is 0 Å². The number of amides is 1. The summed E-state index contributed by atoms with van der Waals surface area (Å²) in [6, 6.07) is 11.1. The predicted octanol–water partition coefficient (Wildman–Crippen LogP) is 3.72. The maximum atomic E-state index is 12.0. The zero-order valence-corrected chi connectivity index (χ0v) is 13.9. The third kappa shape index (κ3) is 3.78. The van der Waals surface area contributed by atoms with Gasteiger partial charge in [0.1, 0.15) is 5.03 Å². The van der Waals surface area contributed by atoms with E-state index in [1.54, 1.807) is 18.3 Å². The van der Waals surface area contributed by atoms with Crippen LogP contribution in [0.4, 0.5) is 5.69 Å². The summed E-state index contributed by atoms with van der Waals surface area (Å²) in [5, 5.41) is 3.75. The first-order valence-electron chi connectivity index (χ1n) is 6.90. The van der Waals surface area contributed by atoms with E-state index in [2.05, 4.69) is 20.3 Å². The lowest BCUT2D eigenvalue weighted by Gasteiger charge is -2.08. The summed E-state index contributed by atoms with van der Waals surface area (Å²) in [5.41, 5.74) is 2.97. The second-order valence-corrected chi connectivity index (χ2v) is 6.10. The van der Waals surface area contributed by atoms with Crippen LogP contribution in [0.15, 0.2) is 47.6 Å². The number of anilines is 1. The first-order valence-corrected chi connectivity index (χ1v) is 8.26. The highest BCUT2D eigenvalue weighted by atomic mass is 35.5. The molecule has 1 N–H and O–H groups in total. The molecule has 0 saturated heterocycles. The minimum atomic E-state index is -0.167. The molecule has 0 unspecified atom stereocenters. The van der Waals surface area contributed by atoms with Gasteiger partial charge in [-0.15, -0.1) is 0 Å². The first kappa shape index (κ1) is 15.7. The van der Waals surface area contributed by atoms with Crippen molar-refractivity contribution < 1.29 is 4.79 Å². The van der Waals surface area contributed by atoms with Gasteiger partial charge in [-0.3, -0.25) is 4.79 Å². The highest BCUT2D eigenvalue weighted by molar-refractivity contribution is 8.00. The molecule has 0 radical (unpaired) electrons. The number of para-hydroxylation sites is 2. The molecule has 0 fully saturated rings. The summed E-state index contributed by atoms with van der Waals surface area (Å²) in [5.74, 6) is 0.0540. The highest BCUT2D eigenvalue weighted by Gasteiger charge is 2.10. The van der Waals surface area contributed by atoms with Crippen molar-refractivity contribution in [3.05, 3.63) is 53.4 Å². The number of thioether (sulfide) groups is 1. The topological polar surface area (TPSA) is 67.8 Å². The summed E-state index contributed by atoms with van der Waals surface area (Å²) >= 11 is 7.27. The second-order valence-electron chi connectivity index (χ2n) is 4.78. The average molecular weight is 345 g/mol. The van der Waals surface area contributed by atoms with E-state index in [0.29, 0.717) is 5.69 Å². The number of carbonyl (C=O) groups excluding carboxylic acids is 1. The van der Waals surface area contributed by atoms with Crippen molar-refractivity contribution >= 4 is 46.0 Å². The van der Waals surface area contributed by atoms with Gasteiger partial charge in [0, 0.05) is 6.20 Å². The molecule has 23 heavy (non-hydrogen) atoms. The molecule has 1 amide bonds. The Bertz CT molecular complexity index is 872. The van der Waals surface area contributed by atoms with Gasteiger partial charge in [0.05, 0.1) is 28.2 Å². The normalized spacial score (nSPS) is 10.7. The molecule has 3 rings (SSSR count). The molecule has 2 heterocycles. The number of carbonyl (C=O) groups is 1. The van der Waals surface area contributed by atoms with Crippen LogP contribution in [0.2, 0.25) is 5.15 Å². The van der Waals surface area contributed by atoms with Crippen LogP contribution in [0.5, 0.6) is 0 Å². The van der Waals surface area contributed by atoms with Gasteiger partial charge >= 0.3 is 0 Å². The molecule has 0 aliphatic carbocycles. The number of aromatic nitrogens is 3. The number of benzene rings is 1. The Balaban J connectivity index is 1.69. The number of hydrogen-bond acceptors (Lipinski definition) is 5. The Labute approximate surface area is 142 Å². The maximum Gasteiger partial charge on any atom is 0.234 e. The lowest BCUT2D eigenvalue weighted by molar-refractivity contribution is -0.113. The van der Waals surface area contributed by atoms with Crippen LogP contribution in [0.3, 0.4) is 0 Å². The van der Waals surface area contributed by atoms with E-state index in [4.69, 9.17) is 11.6 Å². The number of rotatable bonds is 4. The number of fused-ring (bicyclic) bond motifs is 1. The zero-order chi connectivity index (χ0) is 16.2. The van der Waals surface area contributed by atoms with Crippen molar-refractivity contribution in [1.29, 1.82) is 0 Å². The smallest absolute Gasteiger partial charge is 0.234 e. The molecular weight excluding hydrogens is 332 g/mol. The summed E-state index contributed by atoms with van der Waals surface area (Å²) in [6.45, 7) is 1.89. The Morgan fingerprint density at radius 3 is 2.65 bits per heavy atom. The number of nitrogens with one attached hydrogen (secondary N) is 1. The van der Waals surface area contributed by atoms with Crippen molar-refractivity contribution in [1.82, 2.24) is 15.0 Å². The van der Waals surface area contributed by atoms with Crippen LogP contribution in [0.25, 0.3) is 11.0 Å². The summed E-state index contributed by atoms with van der Waals surface area (Å²) in [7, 11) is 0. The molecule has 7 heteroatoms. The van der Waals surface area contributed by atoms with E-state index in [1.165, 1.54) is 11.8 Å². The van der Waals surface area contributed by atoms with E-state index in [0.717, 1.165) is 21.8 Å². The zero-order valence-electron chi connectivity index (χ0n) is 12.3. The van der Waals surface area contributed by atoms with Crippen LogP contribution >= 0.6 is 23.4 Å². The molecule has 0 spiro atoms. The fraction of sp³-hybridized carbons (Fsp3) is 0.125. The minimum Gasteiger partial charge on any atom is -0.323 e. The lowest BCUT2D eigenvalue weighted by atomic mass is 10.3. The van der Waals surface area contributed by atoms with Gasteiger partial charge in [0.2, 0.25) is 5.91 Å². The largest absolute Gasteiger partial charge is 0.323 e. The fourth-order valence-electron chi connectivity index (χ4n) is 2.01. The molecule has 0 saturated carbocycles. The van der Waals surface area contributed by atoms with E-state index in [-0.39, 0.29) is 16.8 Å². The second kappa shape index (κ2) is 6.93. The minimum absolute atomic E-state index is 0.167. The third-order valence-corrected chi connectivity index (χ3v) is 4.44. The molecular formula is C16H13ClN4OS. The Morgan fingerprint density at radius 2 is 1.91 bits per heavy atom. The van der Waals surface area contributed by atoms with Crippen LogP contribution in [-0.2, 0) is 4.79 Å². The molecule has 0 aliphatic rings. The summed E-state index contributed by atoms with van der Waals surface area (Å²) in [6.07, 6.45) is 1.57. The average Bonchev–Trinajstić information content (AvgIpc) is 2.55. The molecule has 2 aromatic heterocycles. The number of hydrogen-bond donors (Lipinski definition) is 1. The summed E-state index contributed by atoms with van der Waals surface area (Å²) < 4.78 is 0. The van der Waals surface area contributed by atoms with Crippen LogP contribution < -0.4 is 5.32 Å². The Morgan fingerprint density at radius 1 is 1.17 bits per heavy atom. The molecule has 3 aromatic rings. The number of pyridine rings is 1. The van der Waals surface area contributed by atoms with Gasteiger partial charge in [-0.25, -0.2) is 15.0 Å². The predicted molar refractivity (Wildman–Crippen MR) is 92.9 cm³/mol. The quantitative estimate of drug-likeness (QED) is 0.577. The van der Waals surface area contributed by atoms with Crippen LogP contribution in [0.1, 0.15) is 5.69 Å². The van der Waals surface area contributed by atoms with E-state index >= 15 is 0 Å². The van der Waals surface area contributed by atoms with Crippen molar-refractivity contribution in [2.24, 2.45) is 0 Å². The van der Waals surface area contributed by atoms with Crippen molar-refractivity contribution in [3.8, 4) is 0 Å². The van der Waals surface area contributed by atoms with Gasteiger partial charge in [0.25, 0.3) is 0 Å². The molecule has 0 bridgehead atoms. The molecule has 5 nitrogen and oxygen atoms in total. The Hall–Kier alpha value is -2.18. The third-order valence-electron chi connectivity index (χ3n) is 3.07. The number of halogens is 1. The van der Waals surface area contributed by atoms with Gasteiger partial charge < -0.3 is 5.32 Å². The van der Waals surface area contributed by atoms with Gasteiger partial charge in [0.15, 0.2) is 5.15 Å². The molecule has 1 aromatic carbocycles. The SMILES string of the molecule is Cc1nc2ccccc2nc1SCC(=O)Nc1cccnc1Cl. The number of aryl methyl sites for hydroxylation is 1. The lowest BCUT2D eigenvalue weighted by Crippen LogP contribution is -2.14. The van der Waals surface area contributed by atoms with E-state index in [9.17, 15) is 4.79 Å². The monoisotopic (exact) mass is 344 g/mol. The fourth-order valence-corrected chi connectivity index (χ4v) is 2.93. The van der Waals surface area contributed by atoms with E-state index in [1.807, 2.05) is 31.2 Å². The molecule has 116 valence electrons. The van der Waals surface area contributed by atoms with Gasteiger partial charge in [-0.2, -0.15) is 0 Å². The molecule has 0 atom stereocenters. The van der Waals surface area contributed by atoms with Gasteiger partial charge in [-0.05, 0) is 31.2 Å². The van der Waals surface area contributed by atoms with E-state index < -0.39 is 0 Å². The first-order chi connectivity index (χ1) is 11.1. The highest BCUT2D eigenvalue weighted by Crippen LogP contribution is 2.23. The number of nitrogens with zero attached hydrogens (tertiary/aromatic N) is 3. The molecule has 0 aliphatic heterocycles. The maximum absolute atomic E-state index is 12.0. The van der Waals surface area contributed by atoms with Crippen LogP contribution in [0, 0.1) is 6.92 Å². The standard InChI is InChI=1S/C16H13ClN4OS/c1-10-16(21-12-6-3-2-5-11(12)19-10)23-9-14(22)20-13-7-4-8-18-15(13)17/h2-8H,9H2,1H3,(H,20,22). The van der Waals surface area contributed by atoms with Crippen molar-refractivity contribution in [2.45, 2.75) is 11.9 Å². The van der Waals surface area contributed by atoms with Gasteiger partial charge in [-0.1, -0.05) is 35.5 Å². The van der Waals surface area contributed by atoms with Crippen LogP contribution in [-0.4, -0.2) is 26.6 Å². The Kier molecular flexibility index (Phi) is 4.73.